The summed E-state index contributed by atoms with van der Waals surface area (Å²) < 4.78 is 2.17. The Kier molecular flexibility index (Phi) is 5.12. The smallest absolute Gasteiger partial charge is 0.137 e. The molecule has 2 N–H and O–H groups in total. The van der Waals surface area contributed by atoms with Crippen molar-refractivity contribution in [2.24, 2.45) is 0 Å². The molecule has 0 aliphatic carbocycles. The number of hydrogen-bond acceptors (Lipinski definition) is 4. The Morgan fingerprint density at radius 3 is 2.39 bits per heavy atom. The standard InChI is InChI=1S/C26H29N5/c1-19-8-9-21(16-20(19)2)26-24(31-17-22(27)10-11-25(31)28-26)18-29-12-14-30(15-13-29)23-6-4-3-5-7-23/h3-11,16-17H,12-15,18,27H2,1-2H3. The first-order valence-corrected chi connectivity index (χ1v) is 10.9. The molecule has 2 aromatic heterocycles. The van der Waals surface area contributed by atoms with Gasteiger partial charge in [-0.1, -0.05) is 30.3 Å². The van der Waals surface area contributed by atoms with E-state index in [2.05, 4.69) is 76.6 Å². The fraction of sp³-hybridized carbons (Fsp3) is 0.269. The summed E-state index contributed by atoms with van der Waals surface area (Å²) in [6.07, 6.45) is 2.00. The predicted octanol–water partition coefficient (Wildman–Crippen LogP) is 4.52. The minimum Gasteiger partial charge on any atom is -0.398 e. The van der Waals surface area contributed by atoms with E-state index in [4.69, 9.17) is 10.7 Å². The molecule has 5 nitrogen and oxygen atoms in total. The molecule has 158 valence electrons. The van der Waals surface area contributed by atoms with Gasteiger partial charge >= 0.3 is 0 Å². The van der Waals surface area contributed by atoms with Crippen LogP contribution in [0.2, 0.25) is 0 Å². The maximum atomic E-state index is 6.13. The third-order valence-electron chi connectivity index (χ3n) is 6.39. The van der Waals surface area contributed by atoms with E-state index >= 15 is 0 Å². The van der Waals surface area contributed by atoms with Crippen LogP contribution in [0.4, 0.5) is 11.4 Å². The van der Waals surface area contributed by atoms with Gasteiger partial charge in [-0.05, 0) is 55.3 Å². The van der Waals surface area contributed by atoms with Crippen molar-refractivity contribution in [3.63, 3.8) is 0 Å². The topological polar surface area (TPSA) is 49.8 Å². The van der Waals surface area contributed by atoms with E-state index in [-0.39, 0.29) is 0 Å². The Balaban J connectivity index is 1.45. The van der Waals surface area contributed by atoms with Crippen LogP contribution in [-0.4, -0.2) is 40.5 Å². The Morgan fingerprint density at radius 1 is 0.871 bits per heavy atom. The summed E-state index contributed by atoms with van der Waals surface area (Å²) >= 11 is 0. The number of piperazine rings is 1. The van der Waals surface area contributed by atoms with E-state index in [0.717, 1.165) is 49.8 Å². The Hall–Kier alpha value is -3.31. The summed E-state index contributed by atoms with van der Waals surface area (Å²) in [6.45, 7) is 9.28. The van der Waals surface area contributed by atoms with E-state index in [0.29, 0.717) is 0 Å². The molecule has 5 heteroatoms. The maximum Gasteiger partial charge on any atom is 0.137 e. The van der Waals surface area contributed by atoms with Gasteiger partial charge in [0.15, 0.2) is 0 Å². The molecule has 2 aromatic carbocycles. The second-order valence-electron chi connectivity index (χ2n) is 8.50. The van der Waals surface area contributed by atoms with Crippen LogP contribution in [-0.2, 0) is 6.54 Å². The van der Waals surface area contributed by atoms with E-state index in [1.807, 2.05) is 18.3 Å². The number of hydrogen-bond donors (Lipinski definition) is 1. The number of nitrogen functional groups attached to an aromatic ring is 1. The molecule has 0 unspecified atom stereocenters. The summed E-state index contributed by atoms with van der Waals surface area (Å²) in [5.74, 6) is 0. The predicted molar refractivity (Wildman–Crippen MR) is 128 cm³/mol. The van der Waals surface area contributed by atoms with E-state index in [1.165, 1.54) is 28.1 Å². The Bertz CT molecular complexity index is 1200. The van der Waals surface area contributed by atoms with Crippen LogP contribution in [0.1, 0.15) is 16.8 Å². The van der Waals surface area contributed by atoms with Crippen molar-refractivity contribution in [2.75, 3.05) is 36.8 Å². The van der Waals surface area contributed by atoms with E-state index in [9.17, 15) is 0 Å². The number of fused-ring (bicyclic) bond motifs is 1. The van der Waals surface area contributed by atoms with Gasteiger partial charge in [0.1, 0.15) is 5.65 Å². The molecule has 0 spiro atoms. The van der Waals surface area contributed by atoms with Gasteiger partial charge in [0.25, 0.3) is 0 Å². The lowest BCUT2D eigenvalue weighted by Gasteiger charge is -2.36. The lowest BCUT2D eigenvalue weighted by atomic mass is 10.0. The fourth-order valence-corrected chi connectivity index (χ4v) is 4.40. The molecule has 3 heterocycles. The van der Waals surface area contributed by atoms with Gasteiger partial charge in [-0.2, -0.15) is 0 Å². The molecule has 0 saturated carbocycles. The van der Waals surface area contributed by atoms with Crippen molar-refractivity contribution in [3.8, 4) is 11.3 Å². The van der Waals surface area contributed by atoms with Gasteiger partial charge in [0.2, 0.25) is 0 Å². The SMILES string of the molecule is Cc1ccc(-c2nc3ccc(N)cn3c2CN2CCN(c3ccccc3)CC2)cc1C. The number of aromatic nitrogens is 2. The zero-order valence-electron chi connectivity index (χ0n) is 18.3. The fourth-order valence-electron chi connectivity index (χ4n) is 4.40. The van der Waals surface area contributed by atoms with Crippen LogP contribution in [0.15, 0.2) is 66.9 Å². The molecule has 4 aromatic rings. The molecular formula is C26H29N5. The van der Waals surface area contributed by atoms with Crippen molar-refractivity contribution in [3.05, 3.63) is 83.7 Å². The number of rotatable bonds is 4. The molecule has 5 rings (SSSR count). The minimum absolute atomic E-state index is 0.756. The lowest BCUT2D eigenvalue weighted by Crippen LogP contribution is -2.46. The van der Waals surface area contributed by atoms with Crippen LogP contribution < -0.4 is 10.6 Å². The molecule has 0 atom stereocenters. The average Bonchev–Trinajstić information content (AvgIpc) is 3.14. The molecular weight excluding hydrogens is 382 g/mol. The third-order valence-corrected chi connectivity index (χ3v) is 6.39. The zero-order valence-corrected chi connectivity index (χ0v) is 18.3. The number of pyridine rings is 1. The number of nitrogens with zero attached hydrogens (tertiary/aromatic N) is 4. The number of para-hydroxylation sites is 1. The molecule has 0 amide bonds. The van der Waals surface area contributed by atoms with Crippen LogP contribution in [0.25, 0.3) is 16.9 Å². The Morgan fingerprint density at radius 2 is 1.65 bits per heavy atom. The number of aryl methyl sites for hydroxylation is 2. The first-order valence-electron chi connectivity index (χ1n) is 10.9. The molecule has 31 heavy (non-hydrogen) atoms. The first-order chi connectivity index (χ1) is 15.1. The molecule has 1 fully saturated rings. The highest BCUT2D eigenvalue weighted by Crippen LogP contribution is 2.28. The quantitative estimate of drug-likeness (QED) is 0.536. The van der Waals surface area contributed by atoms with Gasteiger partial charge < -0.3 is 15.0 Å². The van der Waals surface area contributed by atoms with Gasteiger partial charge in [-0.15, -0.1) is 0 Å². The summed E-state index contributed by atoms with van der Waals surface area (Å²) in [6, 6.07) is 21.2. The van der Waals surface area contributed by atoms with Gasteiger partial charge in [-0.3, -0.25) is 4.90 Å². The number of nitrogens with two attached hydrogens (primary N) is 1. The Labute approximate surface area is 183 Å². The van der Waals surface area contributed by atoms with Crippen LogP contribution in [0.5, 0.6) is 0 Å². The highest BCUT2D eigenvalue weighted by Gasteiger charge is 2.21. The zero-order chi connectivity index (χ0) is 21.4. The third kappa shape index (κ3) is 3.89. The van der Waals surface area contributed by atoms with Crippen molar-refractivity contribution in [1.29, 1.82) is 0 Å². The summed E-state index contributed by atoms with van der Waals surface area (Å²) in [7, 11) is 0. The molecule has 0 bridgehead atoms. The normalized spacial score (nSPS) is 15.0. The van der Waals surface area contributed by atoms with Gasteiger partial charge in [-0.25, -0.2) is 4.98 Å². The molecule has 1 saturated heterocycles. The van der Waals surface area contributed by atoms with E-state index < -0.39 is 0 Å². The van der Waals surface area contributed by atoms with Crippen molar-refractivity contribution in [1.82, 2.24) is 14.3 Å². The summed E-state index contributed by atoms with van der Waals surface area (Å²) in [5.41, 5.74) is 15.2. The van der Waals surface area contributed by atoms with Gasteiger partial charge in [0, 0.05) is 55.9 Å². The maximum absolute atomic E-state index is 6.13. The van der Waals surface area contributed by atoms with Gasteiger partial charge in [0.05, 0.1) is 11.4 Å². The molecule has 1 aliphatic rings. The second kappa shape index (κ2) is 8.08. The number of anilines is 2. The summed E-state index contributed by atoms with van der Waals surface area (Å²) in [4.78, 5) is 9.98. The minimum atomic E-state index is 0.756. The largest absolute Gasteiger partial charge is 0.398 e. The van der Waals surface area contributed by atoms with E-state index in [1.54, 1.807) is 0 Å². The van der Waals surface area contributed by atoms with Crippen LogP contribution in [0.3, 0.4) is 0 Å². The average molecular weight is 412 g/mol. The second-order valence-corrected chi connectivity index (χ2v) is 8.50. The van der Waals surface area contributed by atoms with Crippen molar-refractivity contribution in [2.45, 2.75) is 20.4 Å². The first kappa shape index (κ1) is 19.6. The molecule has 0 radical (unpaired) electrons. The van der Waals surface area contributed by atoms with Crippen molar-refractivity contribution < 1.29 is 0 Å². The highest BCUT2D eigenvalue weighted by molar-refractivity contribution is 5.68. The summed E-state index contributed by atoms with van der Waals surface area (Å²) in [5, 5.41) is 0. The molecule has 1 aliphatic heterocycles. The van der Waals surface area contributed by atoms with Crippen LogP contribution in [0, 0.1) is 13.8 Å². The van der Waals surface area contributed by atoms with Crippen LogP contribution >= 0.6 is 0 Å². The number of imidazole rings is 1. The highest BCUT2D eigenvalue weighted by atomic mass is 15.3. The van der Waals surface area contributed by atoms with Crippen molar-refractivity contribution >= 4 is 17.0 Å². The number of benzene rings is 2. The lowest BCUT2D eigenvalue weighted by molar-refractivity contribution is 0.247. The monoisotopic (exact) mass is 411 g/mol.